The van der Waals surface area contributed by atoms with Gasteiger partial charge in [-0.1, -0.05) is 12.1 Å². The molecule has 0 bridgehead atoms. The summed E-state index contributed by atoms with van der Waals surface area (Å²) in [6, 6.07) is 10.6. The summed E-state index contributed by atoms with van der Waals surface area (Å²) in [5, 5.41) is 3.07. The number of nitrogens with one attached hydrogen (secondary N) is 1. The van der Waals surface area contributed by atoms with Crippen molar-refractivity contribution in [2.75, 3.05) is 12.1 Å². The minimum Gasteiger partial charge on any atom is -0.454 e. The van der Waals surface area contributed by atoms with E-state index in [0.29, 0.717) is 23.6 Å². The molecule has 3 nitrogen and oxygen atoms in total. The third-order valence-corrected chi connectivity index (χ3v) is 3.12. The van der Waals surface area contributed by atoms with Crippen LogP contribution < -0.4 is 14.8 Å². The highest BCUT2D eigenvalue weighted by Crippen LogP contribution is 2.34. The van der Waals surface area contributed by atoms with Crippen molar-refractivity contribution in [1.82, 2.24) is 0 Å². The lowest BCUT2D eigenvalue weighted by atomic mass is 10.1. The van der Waals surface area contributed by atoms with Gasteiger partial charge in [0.2, 0.25) is 6.79 Å². The van der Waals surface area contributed by atoms with Crippen molar-refractivity contribution < 1.29 is 22.6 Å². The number of ether oxygens (including phenoxy) is 2. The highest BCUT2D eigenvalue weighted by molar-refractivity contribution is 5.55. The van der Waals surface area contributed by atoms with Gasteiger partial charge in [0, 0.05) is 18.3 Å². The minimum absolute atomic E-state index is 0.187. The molecule has 0 saturated carbocycles. The molecule has 0 unspecified atom stereocenters. The number of halogens is 3. The maximum atomic E-state index is 12.6. The van der Waals surface area contributed by atoms with Crippen LogP contribution in [-0.2, 0) is 12.7 Å². The fraction of sp³-hybridized carbons (Fsp3) is 0.200. The summed E-state index contributed by atoms with van der Waals surface area (Å²) >= 11 is 0. The molecule has 0 saturated heterocycles. The van der Waals surface area contributed by atoms with Crippen LogP contribution in [0.3, 0.4) is 0 Å². The van der Waals surface area contributed by atoms with Gasteiger partial charge in [0.15, 0.2) is 11.5 Å². The van der Waals surface area contributed by atoms with Gasteiger partial charge in [0.05, 0.1) is 5.56 Å². The van der Waals surface area contributed by atoms with Crippen LogP contribution in [0.25, 0.3) is 0 Å². The topological polar surface area (TPSA) is 30.5 Å². The van der Waals surface area contributed by atoms with E-state index in [1.54, 1.807) is 24.3 Å². The molecule has 3 rings (SSSR count). The van der Waals surface area contributed by atoms with Crippen molar-refractivity contribution in [3.8, 4) is 11.5 Å². The molecule has 0 amide bonds. The molecule has 0 aliphatic carbocycles. The van der Waals surface area contributed by atoms with E-state index < -0.39 is 11.7 Å². The fourth-order valence-electron chi connectivity index (χ4n) is 2.07. The van der Waals surface area contributed by atoms with Crippen LogP contribution >= 0.6 is 0 Å². The van der Waals surface area contributed by atoms with E-state index >= 15 is 0 Å². The zero-order valence-electron chi connectivity index (χ0n) is 10.9. The molecule has 6 heteroatoms. The smallest absolute Gasteiger partial charge is 0.416 e. The molecule has 21 heavy (non-hydrogen) atoms. The van der Waals surface area contributed by atoms with Crippen LogP contribution in [0.15, 0.2) is 42.5 Å². The zero-order valence-corrected chi connectivity index (χ0v) is 10.9. The number of hydrogen-bond acceptors (Lipinski definition) is 3. The predicted octanol–water partition coefficient (Wildman–Crippen LogP) is 4.05. The summed E-state index contributed by atoms with van der Waals surface area (Å²) in [5.41, 5.74) is 0.673. The van der Waals surface area contributed by atoms with Crippen molar-refractivity contribution in [2.24, 2.45) is 0 Å². The first-order valence-electron chi connectivity index (χ1n) is 6.32. The summed E-state index contributed by atoms with van der Waals surface area (Å²) in [6.45, 7) is 0.482. The summed E-state index contributed by atoms with van der Waals surface area (Å²) in [4.78, 5) is 0. The Hall–Kier alpha value is -2.37. The van der Waals surface area contributed by atoms with Gasteiger partial charge in [-0.05, 0) is 29.8 Å². The average molecular weight is 295 g/mol. The van der Waals surface area contributed by atoms with Gasteiger partial charge in [-0.3, -0.25) is 0 Å². The van der Waals surface area contributed by atoms with E-state index in [2.05, 4.69) is 5.32 Å². The lowest BCUT2D eigenvalue weighted by molar-refractivity contribution is -0.137. The van der Waals surface area contributed by atoms with Crippen molar-refractivity contribution in [1.29, 1.82) is 0 Å². The lowest BCUT2D eigenvalue weighted by Gasteiger charge is -2.10. The van der Waals surface area contributed by atoms with E-state index in [1.165, 1.54) is 6.07 Å². The average Bonchev–Trinajstić information content (AvgIpc) is 2.92. The van der Waals surface area contributed by atoms with E-state index in [-0.39, 0.29) is 6.79 Å². The Balaban J connectivity index is 1.70. The predicted molar refractivity (Wildman–Crippen MR) is 71.3 cm³/mol. The molecule has 1 aliphatic rings. The molecule has 2 aromatic carbocycles. The van der Waals surface area contributed by atoms with Crippen LogP contribution in [0, 0.1) is 0 Å². The number of fused-ring (bicyclic) bond motifs is 1. The van der Waals surface area contributed by atoms with E-state index in [9.17, 15) is 13.2 Å². The summed E-state index contributed by atoms with van der Waals surface area (Å²) in [5.74, 6) is 1.30. The van der Waals surface area contributed by atoms with Crippen molar-refractivity contribution in [3.63, 3.8) is 0 Å². The zero-order chi connectivity index (χ0) is 14.9. The Labute approximate surface area is 119 Å². The number of rotatable bonds is 3. The summed E-state index contributed by atoms with van der Waals surface area (Å²) in [6.07, 6.45) is -4.32. The third kappa shape index (κ3) is 3.04. The second kappa shape index (κ2) is 5.20. The second-order valence-corrected chi connectivity index (χ2v) is 4.62. The Morgan fingerprint density at radius 2 is 1.81 bits per heavy atom. The minimum atomic E-state index is -4.32. The van der Waals surface area contributed by atoms with E-state index in [0.717, 1.165) is 17.8 Å². The monoisotopic (exact) mass is 295 g/mol. The van der Waals surface area contributed by atoms with Gasteiger partial charge in [-0.15, -0.1) is 0 Å². The van der Waals surface area contributed by atoms with Crippen LogP contribution in [0.1, 0.15) is 11.1 Å². The number of anilines is 1. The molecule has 0 fully saturated rings. The highest BCUT2D eigenvalue weighted by atomic mass is 19.4. The van der Waals surface area contributed by atoms with Crippen molar-refractivity contribution in [2.45, 2.75) is 12.7 Å². The van der Waals surface area contributed by atoms with Crippen LogP contribution in [0.5, 0.6) is 11.5 Å². The molecular formula is C15H12F3NO2. The third-order valence-electron chi connectivity index (χ3n) is 3.12. The normalized spacial score (nSPS) is 13.3. The molecule has 1 heterocycles. The van der Waals surface area contributed by atoms with Gasteiger partial charge in [-0.2, -0.15) is 13.2 Å². The van der Waals surface area contributed by atoms with Gasteiger partial charge in [0.25, 0.3) is 0 Å². The standard InChI is InChI=1S/C15H12F3NO2/c16-15(17,18)11-3-1-2-10(6-11)8-19-12-4-5-13-14(7-12)21-9-20-13/h1-7,19H,8-9H2. The molecule has 0 aromatic heterocycles. The van der Waals surface area contributed by atoms with Gasteiger partial charge in [-0.25, -0.2) is 0 Å². The van der Waals surface area contributed by atoms with Gasteiger partial charge >= 0.3 is 6.18 Å². The highest BCUT2D eigenvalue weighted by Gasteiger charge is 2.30. The molecule has 0 radical (unpaired) electrons. The first-order chi connectivity index (χ1) is 10.0. The molecule has 1 aliphatic heterocycles. The Morgan fingerprint density at radius 3 is 2.62 bits per heavy atom. The molecule has 0 atom stereocenters. The summed E-state index contributed by atoms with van der Waals surface area (Å²) in [7, 11) is 0. The van der Waals surface area contributed by atoms with Gasteiger partial charge in [0.1, 0.15) is 0 Å². The van der Waals surface area contributed by atoms with Crippen molar-refractivity contribution in [3.05, 3.63) is 53.6 Å². The molecule has 110 valence electrons. The molecule has 2 aromatic rings. The second-order valence-electron chi connectivity index (χ2n) is 4.62. The van der Waals surface area contributed by atoms with Crippen LogP contribution in [-0.4, -0.2) is 6.79 Å². The Kier molecular flexibility index (Phi) is 3.37. The van der Waals surface area contributed by atoms with Gasteiger partial charge < -0.3 is 14.8 Å². The number of hydrogen-bond donors (Lipinski definition) is 1. The first-order valence-corrected chi connectivity index (χ1v) is 6.32. The van der Waals surface area contributed by atoms with E-state index in [1.807, 2.05) is 0 Å². The Morgan fingerprint density at radius 1 is 1.00 bits per heavy atom. The SMILES string of the molecule is FC(F)(F)c1cccc(CNc2ccc3c(c2)OCO3)c1. The summed E-state index contributed by atoms with van der Waals surface area (Å²) < 4.78 is 48.3. The molecule has 1 N–H and O–H groups in total. The largest absolute Gasteiger partial charge is 0.454 e. The van der Waals surface area contributed by atoms with Crippen LogP contribution in [0.4, 0.5) is 18.9 Å². The quantitative estimate of drug-likeness (QED) is 0.926. The Bertz CT molecular complexity index is 656. The molecular weight excluding hydrogens is 283 g/mol. The maximum absolute atomic E-state index is 12.6. The fourth-order valence-corrected chi connectivity index (χ4v) is 2.07. The first kappa shape index (κ1) is 13.6. The van der Waals surface area contributed by atoms with Crippen molar-refractivity contribution >= 4 is 5.69 Å². The molecule has 0 spiro atoms. The van der Waals surface area contributed by atoms with E-state index in [4.69, 9.17) is 9.47 Å². The number of benzene rings is 2. The number of alkyl halides is 3. The lowest BCUT2D eigenvalue weighted by Crippen LogP contribution is -2.06. The maximum Gasteiger partial charge on any atom is 0.416 e. The van der Waals surface area contributed by atoms with Crippen LogP contribution in [0.2, 0.25) is 0 Å².